The Hall–Kier alpha value is -2.18. The van der Waals surface area contributed by atoms with E-state index >= 15 is 0 Å². The molecule has 1 unspecified atom stereocenters. The summed E-state index contributed by atoms with van der Waals surface area (Å²) in [6.07, 6.45) is 2.06. The van der Waals surface area contributed by atoms with Crippen LogP contribution in [-0.2, 0) is 14.9 Å². The van der Waals surface area contributed by atoms with E-state index in [2.05, 4.69) is 5.32 Å². The van der Waals surface area contributed by atoms with Crippen molar-refractivity contribution in [3.63, 3.8) is 0 Å². The summed E-state index contributed by atoms with van der Waals surface area (Å²) in [6.45, 7) is 3.01. The number of carbonyl (C=O) groups excluding carboxylic acids is 1. The monoisotopic (exact) mass is 434 g/mol. The number of halogens is 3. The summed E-state index contributed by atoms with van der Waals surface area (Å²) in [7, 11) is 0. The Labute approximate surface area is 180 Å². The fourth-order valence-corrected chi connectivity index (χ4v) is 4.83. The highest BCUT2D eigenvalue weighted by atomic mass is 35.5. The van der Waals surface area contributed by atoms with Gasteiger partial charge in [-0.15, -0.1) is 0 Å². The molecule has 0 aliphatic carbocycles. The smallest absolute Gasteiger partial charge is 0.230 e. The van der Waals surface area contributed by atoms with Crippen molar-refractivity contribution in [2.24, 2.45) is 5.92 Å². The van der Waals surface area contributed by atoms with Crippen LogP contribution < -0.4 is 10.2 Å². The molecule has 160 valence electrons. The number of hydrogen-bond donors (Lipinski definition) is 1. The molecular weight excluding hydrogens is 410 g/mol. The number of amides is 1. The van der Waals surface area contributed by atoms with E-state index in [0.29, 0.717) is 49.9 Å². The molecule has 0 spiro atoms. The van der Waals surface area contributed by atoms with Gasteiger partial charge in [-0.1, -0.05) is 29.8 Å². The van der Waals surface area contributed by atoms with Crippen LogP contribution in [0.15, 0.2) is 42.5 Å². The van der Waals surface area contributed by atoms with Gasteiger partial charge in [0.05, 0.1) is 5.41 Å². The zero-order valence-corrected chi connectivity index (χ0v) is 17.4. The Kier molecular flexibility index (Phi) is 6.25. The highest BCUT2D eigenvalue weighted by molar-refractivity contribution is 6.31. The fraction of sp³-hybridized carbons (Fsp3) is 0.435. The first-order valence-corrected chi connectivity index (χ1v) is 10.7. The summed E-state index contributed by atoms with van der Waals surface area (Å²) in [4.78, 5) is 15.4. The third-order valence-electron chi connectivity index (χ3n) is 6.28. The summed E-state index contributed by atoms with van der Waals surface area (Å²) in [5.41, 5.74) is 0.830. The highest BCUT2D eigenvalue weighted by Crippen LogP contribution is 2.39. The molecule has 0 aromatic heterocycles. The second kappa shape index (κ2) is 8.90. The van der Waals surface area contributed by atoms with E-state index in [1.807, 2.05) is 29.2 Å². The lowest BCUT2D eigenvalue weighted by Crippen LogP contribution is -2.49. The predicted octanol–water partition coefficient (Wildman–Crippen LogP) is 4.31. The zero-order valence-electron chi connectivity index (χ0n) is 16.7. The normalized spacial score (nSPS) is 20.9. The Morgan fingerprint density at radius 1 is 1.17 bits per heavy atom. The number of nitrogens with zero attached hydrogens (tertiary/aromatic N) is 1. The van der Waals surface area contributed by atoms with Gasteiger partial charge in [0.1, 0.15) is 0 Å². The molecule has 4 rings (SSSR count). The first-order chi connectivity index (χ1) is 14.5. The van der Waals surface area contributed by atoms with Crippen LogP contribution in [0.5, 0.6) is 0 Å². The maximum atomic E-state index is 13.5. The molecule has 0 bridgehead atoms. The van der Waals surface area contributed by atoms with Crippen LogP contribution in [0.4, 0.5) is 14.5 Å². The van der Waals surface area contributed by atoms with E-state index in [1.54, 1.807) is 6.07 Å². The average Bonchev–Trinajstić information content (AvgIpc) is 3.24. The summed E-state index contributed by atoms with van der Waals surface area (Å²) >= 11 is 6.44. The summed E-state index contributed by atoms with van der Waals surface area (Å²) in [6, 6.07) is 11.5. The molecule has 2 aromatic carbocycles. The van der Waals surface area contributed by atoms with E-state index in [-0.39, 0.29) is 11.8 Å². The van der Waals surface area contributed by atoms with Gasteiger partial charge in [-0.2, -0.15) is 0 Å². The van der Waals surface area contributed by atoms with E-state index < -0.39 is 17.0 Å². The molecule has 2 aromatic rings. The van der Waals surface area contributed by atoms with Crippen LogP contribution in [0.25, 0.3) is 0 Å². The Morgan fingerprint density at radius 3 is 2.67 bits per heavy atom. The second-order valence-corrected chi connectivity index (χ2v) is 8.49. The van der Waals surface area contributed by atoms with Gasteiger partial charge >= 0.3 is 0 Å². The Bertz CT molecular complexity index is 918. The first kappa shape index (κ1) is 21.1. The number of nitrogens with one attached hydrogen (secondary N) is 1. The molecule has 1 N–H and O–H groups in total. The molecule has 1 amide bonds. The molecule has 0 saturated carbocycles. The van der Waals surface area contributed by atoms with Crippen LogP contribution >= 0.6 is 11.6 Å². The Morgan fingerprint density at radius 2 is 1.93 bits per heavy atom. The highest BCUT2D eigenvalue weighted by Gasteiger charge is 2.43. The van der Waals surface area contributed by atoms with Gasteiger partial charge in [-0.25, -0.2) is 8.78 Å². The molecule has 4 nitrogen and oxygen atoms in total. The van der Waals surface area contributed by atoms with Crippen molar-refractivity contribution in [1.29, 1.82) is 0 Å². The maximum Gasteiger partial charge on any atom is 0.230 e. The fourth-order valence-electron chi connectivity index (χ4n) is 4.51. The van der Waals surface area contributed by atoms with E-state index in [0.717, 1.165) is 24.6 Å². The SMILES string of the molecule is O=C(NCC1CCN(c2ccc(F)c(F)c2)C1)C1(c2ccccc2Cl)CCOCC1. The van der Waals surface area contributed by atoms with Crippen molar-refractivity contribution in [1.82, 2.24) is 5.32 Å². The van der Waals surface area contributed by atoms with Crippen molar-refractivity contribution < 1.29 is 18.3 Å². The number of rotatable bonds is 5. The van der Waals surface area contributed by atoms with Crippen molar-refractivity contribution in [2.45, 2.75) is 24.7 Å². The minimum absolute atomic E-state index is 0.0230. The van der Waals surface area contributed by atoms with Crippen LogP contribution in [0.2, 0.25) is 5.02 Å². The Balaban J connectivity index is 1.42. The second-order valence-electron chi connectivity index (χ2n) is 8.08. The average molecular weight is 435 g/mol. The molecule has 2 heterocycles. The minimum atomic E-state index is -0.844. The van der Waals surface area contributed by atoms with E-state index in [9.17, 15) is 13.6 Å². The number of anilines is 1. The van der Waals surface area contributed by atoms with E-state index in [4.69, 9.17) is 16.3 Å². The largest absolute Gasteiger partial charge is 0.381 e. The molecule has 0 radical (unpaired) electrons. The molecule has 2 saturated heterocycles. The zero-order chi connectivity index (χ0) is 21.1. The summed E-state index contributed by atoms with van der Waals surface area (Å²) in [5, 5.41) is 3.74. The molecule has 2 fully saturated rings. The van der Waals surface area contributed by atoms with E-state index in [1.165, 1.54) is 6.07 Å². The lowest BCUT2D eigenvalue weighted by molar-refractivity contribution is -0.130. The van der Waals surface area contributed by atoms with Gasteiger partial charge in [0.15, 0.2) is 11.6 Å². The quantitative estimate of drug-likeness (QED) is 0.762. The van der Waals surface area contributed by atoms with Crippen molar-refractivity contribution in [2.75, 3.05) is 37.7 Å². The van der Waals surface area contributed by atoms with Crippen LogP contribution in [0.3, 0.4) is 0 Å². The number of carbonyl (C=O) groups is 1. The topological polar surface area (TPSA) is 41.6 Å². The van der Waals surface area contributed by atoms with Gasteiger partial charge in [0.2, 0.25) is 5.91 Å². The van der Waals surface area contributed by atoms with Gasteiger partial charge in [-0.3, -0.25) is 4.79 Å². The molecule has 7 heteroatoms. The maximum absolute atomic E-state index is 13.5. The van der Waals surface area contributed by atoms with Gasteiger partial charge in [0, 0.05) is 49.6 Å². The molecule has 30 heavy (non-hydrogen) atoms. The molecule has 2 aliphatic rings. The first-order valence-electron chi connectivity index (χ1n) is 10.3. The lowest BCUT2D eigenvalue weighted by Gasteiger charge is -2.37. The predicted molar refractivity (Wildman–Crippen MR) is 113 cm³/mol. The minimum Gasteiger partial charge on any atom is -0.381 e. The standard InChI is InChI=1S/C23H25ClF2N2O2/c24-19-4-2-1-3-18(19)23(8-11-30-12-9-23)22(29)27-14-16-7-10-28(15-16)17-5-6-20(25)21(26)13-17/h1-6,13,16H,7-12,14-15H2,(H,27,29). The van der Waals surface area contributed by atoms with Crippen LogP contribution in [0, 0.1) is 17.6 Å². The van der Waals surface area contributed by atoms with Crippen molar-refractivity contribution in [3.8, 4) is 0 Å². The van der Waals surface area contributed by atoms with Gasteiger partial charge in [0.25, 0.3) is 0 Å². The van der Waals surface area contributed by atoms with Crippen LogP contribution in [-0.4, -0.2) is 38.8 Å². The molecule has 2 aliphatic heterocycles. The number of benzene rings is 2. The third kappa shape index (κ3) is 4.16. The van der Waals surface area contributed by atoms with Gasteiger partial charge < -0.3 is 15.0 Å². The number of hydrogen-bond acceptors (Lipinski definition) is 3. The van der Waals surface area contributed by atoms with Crippen molar-refractivity contribution in [3.05, 3.63) is 64.7 Å². The molecular formula is C23H25ClF2N2O2. The summed E-state index contributed by atoms with van der Waals surface area (Å²) < 4.78 is 32.2. The number of ether oxygens (including phenoxy) is 1. The summed E-state index contributed by atoms with van der Waals surface area (Å²) in [5.74, 6) is -1.47. The van der Waals surface area contributed by atoms with Crippen molar-refractivity contribution >= 4 is 23.2 Å². The lowest BCUT2D eigenvalue weighted by atomic mass is 9.73. The van der Waals surface area contributed by atoms with Gasteiger partial charge in [-0.05, 0) is 48.9 Å². The molecule has 1 atom stereocenters. The van der Waals surface area contributed by atoms with Crippen LogP contribution in [0.1, 0.15) is 24.8 Å². The third-order valence-corrected chi connectivity index (χ3v) is 6.61.